The predicted octanol–water partition coefficient (Wildman–Crippen LogP) is 1.87. The van der Waals surface area contributed by atoms with Crippen molar-refractivity contribution in [2.75, 3.05) is 0 Å². The molecule has 2 aromatic heterocycles. The van der Waals surface area contributed by atoms with Crippen molar-refractivity contribution in [1.29, 1.82) is 0 Å². The summed E-state index contributed by atoms with van der Waals surface area (Å²) in [5.74, 6) is -0.962. The highest BCUT2D eigenvalue weighted by molar-refractivity contribution is 5.86. The van der Waals surface area contributed by atoms with Crippen LogP contribution in [0, 0.1) is 0 Å². The van der Waals surface area contributed by atoms with Crippen molar-refractivity contribution in [1.82, 2.24) is 19.6 Å². The summed E-state index contributed by atoms with van der Waals surface area (Å²) in [7, 11) is 0. The molecular formula is C15H14N4O2. The molecule has 3 aromatic rings. The van der Waals surface area contributed by atoms with E-state index in [1.165, 1.54) is 12.4 Å². The summed E-state index contributed by atoms with van der Waals surface area (Å²) in [4.78, 5) is 10.8. The van der Waals surface area contributed by atoms with Gasteiger partial charge in [-0.3, -0.25) is 9.36 Å². The van der Waals surface area contributed by atoms with Gasteiger partial charge in [-0.05, 0) is 17.2 Å². The monoisotopic (exact) mass is 282 g/mol. The molecule has 0 aliphatic rings. The molecule has 6 heteroatoms. The van der Waals surface area contributed by atoms with E-state index in [2.05, 4.69) is 10.2 Å². The van der Waals surface area contributed by atoms with Crippen LogP contribution in [0.4, 0.5) is 0 Å². The Morgan fingerprint density at radius 2 is 1.71 bits per heavy atom. The summed E-state index contributed by atoms with van der Waals surface area (Å²) in [6.07, 6.45) is 6.56. The Bertz CT molecular complexity index is 729. The number of rotatable bonds is 5. The van der Waals surface area contributed by atoms with Crippen molar-refractivity contribution in [3.05, 3.63) is 71.8 Å². The first-order chi connectivity index (χ1) is 10.2. The van der Waals surface area contributed by atoms with Gasteiger partial charge in [0.25, 0.3) is 0 Å². The largest absolute Gasteiger partial charge is 0.478 e. The minimum absolute atomic E-state index is 0.199. The zero-order chi connectivity index (χ0) is 14.7. The van der Waals surface area contributed by atoms with Crippen LogP contribution < -0.4 is 0 Å². The van der Waals surface area contributed by atoms with Gasteiger partial charge in [-0.15, -0.1) is 0 Å². The lowest BCUT2D eigenvalue weighted by atomic mass is 10.1. The zero-order valence-electron chi connectivity index (χ0n) is 11.3. The number of carbonyl (C=O) groups is 1. The number of carboxylic acid groups (broad SMARTS) is 1. The third kappa shape index (κ3) is 3.17. The molecule has 0 fully saturated rings. The minimum Gasteiger partial charge on any atom is -0.478 e. The normalized spacial score (nSPS) is 10.7. The SMILES string of the molecule is O=C(O)c1cnn(Cc2ccc(Cn3cccn3)cc2)c1. The number of aromatic carboxylic acids is 1. The molecule has 0 radical (unpaired) electrons. The van der Waals surface area contributed by atoms with E-state index >= 15 is 0 Å². The topological polar surface area (TPSA) is 72.9 Å². The summed E-state index contributed by atoms with van der Waals surface area (Å²) < 4.78 is 3.48. The minimum atomic E-state index is -0.962. The van der Waals surface area contributed by atoms with Gasteiger partial charge in [0.15, 0.2) is 0 Å². The zero-order valence-corrected chi connectivity index (χ0v) is 11.3. The molecule has 0 atom stereocenters. The standard InChI is InChI=1S/C15H14N4O2/c20-15(21)14-8-17-19(11-14)10-13-4-2-12(3-5-13)9-18-7-1-6-16-18/h1-8,11H,9-10H2,(H,20,21). The lowest BCUT2D eigenvalue weighted by Gasteiger charge is -2.05. The molecule has 6 nitrogen and oxygen atoms in total. The molecule has 106 valence electrons. The lowest BCUT2D eigenvalue weighted by molar-refractivity contribution is 0.0697. The van der Waals surface area contributed by atoms with Crippen LogP contribution in [0.1, 0.15) is 21.5 Å². The Labute approximate surface area is 121 Å². The molecule has 21 heavy (non-hydrogen) atoms. The highest BCUT2D eigenvalue weighted by Crippen LogP contribution is 2.08. The average Bonchev–Trinajstić information content (AvgIpc) is 3.12. The van der Waals surface area contributed by atoms with Crippen molar-refractivity contribution in [2.24, 2.45) is 0 Å². The fourth-order valence-electron chi connectivity index (χ4n) is 2.08. The molecule has 0 saturated carbocycles. The number of hydrogen-bond acceptors (Lipinski definition) is 3. The van der Waals surface area contributed by atoms with Crippen LogP contribution in [0.15, 0.2) is 55.1 Å². The predicted molar refractivity (Wildman–Crippen MR) is 76.1 cm³/mol. The quantitative estimate of drug-likeness (QED) is 0.775. The van der Waals surface area contributed by atoms with E-state index in [1.54, 1.807) is 10.9 Å². The lowest BCUT2D eigenvalue weighted by Crippen LogP contribution is -2.02. The Balaban J connectivity index is 1.67. The fourth-order valence-corrected chi connectivity index (χ4v) is 2.08. The second-order valence-corrected chi connectivity index (χ2v) is 4.75. The molecule has 0 spiro atoms. The van der Waals surface area contributed by atoms with Gasteiger partial charge in [-0.2, -0.15) is 10.2 Å². The van der Waals surface area contributed by atoms with Crippen LogP contribution in [0.5, 0.6) is 0 Å². The van der Waals surface area contributed by atoms with Crippen molar-refractivity contribution in [2.45, 2.75) is 13.1 Å². The van der Waals surface area contributed by atoms with E-state index in [-0.39, 0.29) is 5.56 Å². The van der Waals surface area contributed by atoms with E-state index in [1.807, 2.05) is 41.2 Å². The van der Waals surface area contributed by atoms with Crippen molar-refractivity contribution < 1.29 is 9.90 Å². The first-order valence-corrected chi connectivity index (χ1v) is 6.52. The molecule has 2 heterocycles. The maximum absolute atomic E-state index is 10.8. The van der Waals surface area contributed by atoms with E-state index in [4.69, 9.17) is 5.11 Å². The summed E-state index contributed by atoms with van der Waals surface area (Å²) >= 11 is 0. The van der Waals surface area contributed by atoms with Gasteiger partial charge in [0.05, 0.1) is 24.8 Å². The van der Waals surface area contributed by atoms with Gasteiger partial charge >= 0.3 is 5.97 Å². The second-order valence-electron chi connectivity index (χ2n) is 4.75. The Hall–Kier alpha value is -2.89. The van der Waals surface area contributed by atoms with Crippen molar-refractivity contribution >= 4 is 5.97 Å². The number of hydrogen-bond donors (Lipinski definition) is 1. The molecule has 0 amide bonds. The van der Waals surface area contributed by atoms with Gasteiger partial charge < -0.3 is 5.11 Å². The fraction of sp³-hybridized carbons (Fsp3) is 0.133. The van der Waals surface area contributed by atoms with Crippen LogP contribution in [-0.2, 0) is 13.1 Å². The number of carboxylic acids is 1. The van der Waals surface area contributed by atoms with Gasteiger partial charge in [-0.25, -0.2) is 4.79 Å². The van der Waals surface area contributed by atoms with Crippen LogP contribution >= 0.6 is 0 Å². The molecule has 3 rings (SSSR count). The number of nitrogens with zero attached hydrogens (tertiary/aromatic N) is 4. The number of aromatic nitrogens is 4. The average molecular weight is 282 g/mol. The van der Waals surface area contributed by atoms with Crippen LogP contribution in [0.3, 0.4) is 0 Å². The summed E-state index contributed by atoms with van der Waals surface area (Å²) in [5.41, 5.74) is 2.43. The molecular weight excluding hydrogens is 268 g/mol. The summed E-state index contributed by atoms with van der Waals surface area (Å²) in [5, 5.41) is 17.1. The van der Waals surface area contributed by atoms with E-state index in [0.717, 1.165) is 17.7 Å². The summed E-state index contributed by atoms with van der Waals surface area (Å²) in [6, 6.07) is 10.0. The molecule has 0 unspecified atom stereocenters. The van der Waals surface area contributed by atoms with E-state index in [9.17, 15) is 4.79 Å². The summed E-state index contributed by atoms with van der Waals surface area (Å²) in [6.45, 7) is 1.29. The molecule has 0 bridgehead atoms. The highest BCUT2D eigenvalue weighted by Gasteiger charge is 2.06. The Morgan fingerprint density at radius 1 is 1.05 bits per heavy atom. The Kier molecular flexibility index (Phi) is 3.51. The first kappa shape index (κ1) is 13.1. The van der Waals surface area contributed by atoms with Crippen LogP contribution in [0.25, 0.3) is 0 Å². The first-order valence-electron chi connectivity index (χ1n) is 6.52. The van der Waals surface area contributed by atoms with Crippen LogP contribution in [0.2, 0.25) is 0 Å². The molecule has 1 N–H and O–H groups in total. The molecule has 0 aliphatic carbocycles. The maximum atomic E-state index is 10.8. The second kappa shape index (κ2) is 5.62. The van der Waals surface area contributed by atoms with E-state index in [0.29, 0.717) is 6.54 Å². The van der Waals surface area contributed by atoms with Crippen LogP contribution in [-0.4, -0.2) is 30.6 Å². The molecule has 1 aromatic carbocycles. The van der Waals surface area contributed by atoms with Gasteiger partial charge in [0.1, 0.15) is 0 Å². The third-order valence-corrected chi connectivity index (χ3v) is 3.15. The molecule has 0 aliphatic heterocycles. The Morgan fingerprint density at radius 3 is 2.24 bits per heavy atom. The number of benzene rings is 1. The van der Waals surface area contributed by atoms with Gasteiger partial charge in [-0.1, -0.05) is 24.3 Å². The smallest absolute Gasteiger partial charge is 0.338 e. The maximum Gasteiger partial charge on any atom is 0.338 e. The third-order valence-electron chi connectivity index (χ3n) is 3.15. The van der Waals surface area contributed by atoms with E-state index < -0.39 is 5.97 Å². The highest BCUT2D eigenvalue weighted by atomic mass is 16.4. The van der Waals surface area contributed by atoms with Crippen molar-refractivity contribution in [3.63, 3.8) is 0 Å². The van der Waals surface area contributed by atoms with Gasteiger partial charge in [0.2, 0.25) is 0 Å². The molecule has 0 saturated heterocycles. The van der Waals surface area contributed by atoms with Crippen molar-refractivity contribution in [3.8, 4) is 0 Å². The van der Waals surface area contributed by atoms with Gasteiger partial charge in [0, 0.05) is 18.6 Å².